The van der Waals surface area contributed by atoms with Crippen LogP contribution in [0.1, 0.15) is 29.8 Å². The minimum atomic E-state index is -0.350. The van der Waals surface area contributed by atoms with Gasteiger partial charge in [0.2, 0.25) is 0 Å². The van der Waals surface area contributed by atoms with Crippen LogP contribution in [0.4, 0.5) is 4.39 Å². The summed E-state index contributed by atoms with van der Waals surface area (Å²) in [6, 6.07) is 6.12. The van der Waals surface area contributed by atoms with Gasteiger partial charge in [-0.05, 0) is 23.8 Å². The van der Waals surface area contributed by atoms with Crippen molar-refractivity contribution in [1.82, 2.24) is 4.57 Å². The SMILES string of the molecule is CC(C)C(=O)c1ccn(Cc2ccc(F)cc2Cl)c1. The number of halogens is 2. The van der Waals surface area contributed by atoms with Gasteiger partial charge in [-0.15, -0.1) is 0 Å². The normalized spacial score (nSPS) is 11.0. The van der Waals surface area contributed by atoms with E-state index in [2.05, 4.69) is 0 Å². The summed E-state index contributed by atoms with van der Waals surface area (Å²) >= 11 is 5.98. The molecule has 0 unspecified atom stereocenters. The minimum absolute atomic E-state index is 0.0229. The molecule has 0 amide bonds. The molecule has 0 aliphatic rings. The van der Waals surface area contributed by atoms with E-state index >= 15 is 0 Å². The van der Waals surface area contributed by atoms with Crippen molar-refractivity contribution >= 4 is 17.4 Å². The third kappa shape index (κ3) is 3.24. The van der Waals surface area contributed by atoms with E-state index < -0.39 is 0 Å². The molecule has 0 aliphatic heterocycles. The van der Waals surface area contributed by atoms with Gasteiger partial charge in [-0.1, -0.05) is 31.5 Å². The third-order valence-corrected chi connectivity index (χ3v) is 3.28. The second-order valence-electron chi connectivity index (χ2n) is 4.83. The van der Waals surface area contributed by atoms with Crippen molar-refractivity contribution in [2.24, 2.45) is 5.92 Å². The molecular formula is C15H15ClFNO. The summed E-state index contributed by atoms with van der Waals surface area (Å²) in [5, 5.41) is 0.394. The summed E-state index contributed by atoms with van der Waals surface area (Å²) in [6.45, 7) is 4.26. The van der Waals surface area contributed by atoms with Crippen molar-refractivity contribution in [3.05, 3.63) is 58.6 Å². The summed E-state index contributed by atoms with van der Waals surface area (Å²) < 4.78 is 14.8. The maximum atomic E-state index is 12.9. The number of rotatable bonds is 4. The Balaban J connectivity index is 2.18. The summed E-state index contributed by atoms with van der Waals surface area (Å²) in [7, 11) is 0. The molecule has 100 valence electrons. The van der Waals surface area contributed by atoms with Gasteiger partial charge in [0.15, 0.2) is 5.78 Å². The zero-order chi connectivity index (χ0) is 14.0. The molecule has 0 saturated heterocycles. The first-order valence-electron chi connectivity index (χ1n) is 6.11. The number of hydrogen-bond donors (Lipinski definition) is 0. The fourth-order valence-electron chi connectivity index (χ4n) is 1.86. The van der Waals surface area contributed by atoms with Crippen LogP contribution in [0.15, 0.2) is 36.7 Å². The van der Waals surface area contributed by atoms with Crippen molar-refractivity contribution in [2.45, 2.75) is 20.4 Å². The molecule has 0 radical (unpaired) electrons. The summed E-state index contributed by atoms with van der Waals surface area (Å²) in [6.07, 6.45) is 3.62. The van der Waals surface area contributed by atoms with Crippen LogP contribution >= 0.6 is 11.6 Å². The van der Waals surface area contributed by atoms with Crippen LogP contribution in [0.3, 0.4) is 0 Å². The lowest BCUT2D eigenvalue weighted by Crippen LogP contribution is -2.06. The number of ketones is 1. The topological polar surface area (TPSA) is 22.0 Å². The molecule has 0 N–H and O–H groups in total. The Morgan fingerprint density at radius 2 is 2.11 bits per heavy atom. The number of Topliss-reactive ketones (excluding diaryl/α,β-unsaturated/α-hetero) is 1. The van der Waals surface area contributed by atoms with Gasteiger partial charge in [0.25, 0.3) is 0 Å². The largest absolute Gasteiger partial charge is 0.349 e. The van der Waals surface area contributed by atoms with Crippen molar-refractivity contribution in [1.29, 1.82) is 0 Å². The Kier molecular flexibility index (Phi) is 4.05. The van der Waals surface area contributed by atoms with E-state index in [0.717, 1.165) is 5.56 Å². The van der Waals surface area contributed by atoms with E-state index in [0.29, 0.717) is 17.1 Å². The highest BCUT2D eigenvalue weighted by molar-refractivity contribution is 6.31. The van der Waals surface area contributed by atoms with E-state index in [4.69, 9.17) is 11.6 Å². The predicted molar refractivity (Wildman–Crippen MR) is 74.1 cm³/mol. The summed E-state index contributed by atoms with van der Waals surface area (Å²) in [5.74, 6) is -0.258. The van der Waals surface area contributed by atoms with Crippen molar-refractivity contribution in [2.75, 3.05) is 0 Å². The molecule has 19 heavy (non-hydrogen) atoms. The number of hydrogen-bond acceptors (Lipinski definition) is 1. The van der Waals surface area contributed by atoms with Crippen LogP contribution in [-0.4, -0.2) is 10.4 Å². The molecule has 2 aromatic rings. The monoisotopic (exact) mass is 279 g/mol. The van der Waals surface area contributed by atoms with Gasteiger partial charge in [0.05, 0.1) is 0 Å². The molecule has 0 saturated carbocycles. The molecule has 0 atom stereocenters. The Morgan fingerprint density at radius 3 is 2.74 bits per heavy atom. The highest BCUT2D eigenvalue weighted by Gasteiger charge is 2.12. The van der Waals surface area contributed by atoms with Gasteiger partial charge >= 0.3 is 0 Å². The zero-order valence-electron chi connectivity index (χ0n) is 10.9. The molecule has 1 aromatic carbocycles. The summed E-state index contributed by atoms with van der Waals surface area (Å²) in [4.78, 5) is 11.8. The average molecular weight is 280 g/mol. The Bertz CT molecular complexity index is 604. The molecule has 2 rings (SSSR count). The average Bonchev–Trinajstić information content (AvgIpc) is 2.80. The van der Waals surface area contributed by atoms with Gasteiger partial charge in [-0.2, -0.15) is 0 Å². The van der Waals surface area contributed by atoms with E-state index in [-0.39, 0.29) is 17.5 Å². The van der Waals surface area contributed by atoms with Crippen LogP contribution in [-0.2, 0) is 6.54 Å². The smallest absolute Gasteiger partial charge is 0.166 e. The van der Waals surface area contributed by atoms with Crippen LogP contribution in [0, 0.1) is 11.7 Å². The quantitative estimate of drug-likeness (QED) is 0.770. The number of carbonyl (C=O) groups excluding carboxylic acids is 1. The fraction of sp³-hybridized carbons (Fsp3) is 0.267. The van der Waals surface area contributed by atoms with Crippen molar-refractivity contribution in [3.63, 3.8) is 0 Å². The number of nitrogens with zero attached hydrogens (tertiary/aromatic N) is 1. The van der Waals surface area contributed by atoms with Crippen molar-refractivity contribution < 1.29 is 9.18 Å². The number of aromatic nitrogens is 1. The van der Waals surface area contributed by atoms with Gasteiger partial charge in [-0.3, -0.25) is 4.79 Å². The molecule has 1 aromatic heterocycles. The van der Waals surface area contributed by atoms with Crippen LogP contribution in [0.5, 0.6) is 0 Å². The molecule has 0 aliphatic carbocycles. The highest BCUT2D eigenvalue weighted by Crippen LogP contribution is 2.19. The maximum Gasteiger partial charge on any atom is 0.166 e. The molecule has 4 heteroatoms. The van der Waals surface area contributed by atoms with Gasteiger partial charge in [-0.25, -0.2) is 4.39 Å². The molecular weight excluding hydrogens is 265 g/mol. The van der Waals surface area contributed by atoms with E-state index in [1.165, 1.54) is 12.1 Å². The zero-order valence-corrected chi connectivity index (χ0v) is 11.6. The van der Waals surface area contributed by atoms with Crippen LogP contribution < -0.4 is 0 Å². The lowest BCUT2D eigenvalue weighted by atomic mass is 10.0. The first-order valence-corrected chi connectivity index (χ1v) is 6.49. The van der Waals surface area contributed by atoms with Gasteiger partial charge < -0.3 is 4.57 Å². The van der Waals surface area contributed by atoms with E-state index in [1.807, 2.05) is 24.6 Å². The molecule has 0 spiro atoms. The maximum absolute atomic E-state index is 12.9. The lowest BCUT2D eigenvalue weighted by Gasteiger charge is -2.06. The molecule has 2 nitrogen and oxygen atoms in total. The fourth-order valence-corrected chi connectivity index (χ4v) is 2.09. The van der Waals surface area contributed by atoms with Gasteiger partial charge in [0.1, 0.15) is 5.82 Å². The standard InChI is InChI=1S/C15H15ClFNO/c1-10(2)15(19)12-5-6-18(9-12)8-11-3-4-13(17)7-14(11)16/h3-7,9-10H,8H2,1-2H3. The number of carbonyl (C=O) groups is 1. The summed E-state index contributed by atoms with van der Waals surface area (Å²) in [5.41, 5.74) is 1.51. The van der Waals surface area contributed by atoms with Crippen LogP contribution in [0.25, 0.3) is 0 Å². The van der Waals surface area contributed by atoms with Crippen molar-refractivity contribution in [3.8, 4) is 0 Å². The number of benzene rings is 1. The second kappa shape index (κ2) is 5.57. The molecule has 0 fully saturated rings. The first kappa shape index (κ1) is 13.8. The Hall–Kier alpha value is -1.61. The van der Waals surface area contributed by atoms with Crippen LogP contribution in [0.2, 0.25) is 5.02 Å². The van der Waals surface area contributed by atoms with E-state index in [9.17, 15) is 9.18 Å². The first-order chi connectivity index (χ1) is 8.97. The van der Waals surface area contributed by atoms with Gasteiger partial charge in [0, 0.05) is 35.4 Å². The predicted octanol–water partition coefficient (Wildman–Crippen LogP) is 4.17. The molecule has 0 bridgehead atoms. The Morgan fingerprint density at radius 1 is 1.37 bits per heavy atom. The third-order valence-electron chi connectivity index (χ3n) is 2.93. The highest BCUT2D eigenvalue weighted by atomic mass is 35.5. The Labute approximate surface area is 116 Å². The second-order valence-corrected chi connectivity index (χ2v) is 5.23. The minimum Gasteiger partial charge on any atom is -0.349 e. The lowest BCUT2D eigenvalue weighted by molar-refractivity contribution is 0.0939. The van der Waals surface area contributed by atoms with E-state index in [1.54, 1.807) is 18.3 Å². The molecule has 1 heterocycles.